The highest BCUT2D eigenvalue weighted by atomic mass is 32.2. The molecule has 0 saturated heterocycles. The summed E-state index contributed by atoms with van der Waals surface area (Å²) in [7, 11) is -3.75. The molecule has 0 aromatic heterocycles. The lowest BCUT2D eigenvalue weighted by atomic mass is 10.2. The van der Waals surface area contributed by atoms with Gasteiger partial charge in [0.15, 0.2) is 0 Å². The summed E-state index contributed by atoms with van der Waals surface area (Å²) in [5, 5.41) is 3.39. The third kappa shape index (κ3) is 5.49. The average Bonchev–Trinajstić information content (AvgIpc) is 2.35. The molecule has 6 heteroatoms. The van der Waals surface area contributed by atoms with Gasteiger partial charge in [-0.1, -0.05) is 37.3 Å². The van der Waals surface area contributed by atoms with Gasteiger partial charge in [-0.25, -0.2) is 17.9 Å². The number of urea groups is 1. The Kier molecular flexibility index (Phi) is 5.38. The van der Waals surface area contributed by atoms with Crippen LogP contribution in [0.5, 0.6) is 0 Å². The van der Waals surface area contributed by atoms with E-state index < -0.39 is 16.1 Å². The lowest BCUT2D eigenvalue weighted by Gasteiger charge is -2.04. The van der Waals surface area contributed by atoms with Crippen LogP contribution < -0.4 is 10.0 Å². The largest absolute Gasteiger partial charge is 0.337 e. The van der Waals surface area contributed by atoms with Crippen molar-refractivity contribution in [2.45, 2.75) is 13.3 Å². The van der Waals surface area contributed by atoms with Gasteiger partial charge in [-0.3, -0.25) is 0 Å². The number of hydrogen-bond acceptors (Lipinski definition) is 3. The zero-order valence-corrected chi connectivity index (χ0v) is 10.9. The quantitative estimate of drug-likeness (QED) is 0.853. The number of rotatable bonds is 5. The molecular weight excluding hydrogens is 252 g/mol. The Labute approximate surface area is 107 Å². The van der Waals surface area contributed by atoms with E-state index >= 15 is 0 Å². The van der Waals surface area contributed by atoms with Crippen molar-refractivity contribution in [1.82, 2.24) is 10.0 Å². The van der Waals surface area contributed by atoms with E-state index in [2.05, 4.69) is 5.32 Å². The predicted octanol–water partition coefficient (Wildman–Crippen LogP) is 1.70. The van der Waals surface area contributed by atoms with Crippen LogP contribution in [0.1, 0.15) is 18.9 Å². The molecule has 0 aliphatic heterocycles. The second-order valence-electron chi connectivity index (χ2n) is 3.62. The van der Waals surface area contributed by atoms with Crippen LogP contribution in [0.25, 0.3) is 6.08 Å². The Balaban J connectivity index is 2.60. The fourth-order valence-corrected chi connectivity index (χ4v) is 1.91. The van der Waals surface area contributed by atoms with Crippen molar-refractivity contribution in [2.24, 2.45) is 0 Å². The molecule has 1 aromatic carbocycles. The van der Waals surface area contributed by atoms with Gasteiger partial charge in [0.05, 0.1) is 5.41 Å². The van der Waals surface area contributed by atoms with Crippen LogP contribution in [-0.2, 0) is 10.0 Å². The first-order valence-corrected chi connectivity index (χ1v) is 7.12. The summed E-state index contributed by atoms with van der Waals surface area (Å²) < 4.78 is 24.9. The fourth-order valence-electron chi connectivity index (χ4n) is 1.17. The summed E-state index contributed by atoms with van der Waals surface area (Å²) >= 11 is 0. The van der Waals surface area contributed by atoms with Crippen molar-refractivity contribution in [1.29, 1.82) is 0 Å². The Morgan fingerprint density at radius 2 is 1.94 bits per heavy atom. The van der Waals surface area contributed by atoms with Crippen molar-refractivity contribution >= 4 is 22.1 Å². The monoisotopic (exact) mass is 268 g/mol. The molecule has 5 nitrogen and oxygen atoms in total. The molecule has 0 bridgehead atoms. The Morgan fingerprint density at radius 3 is 2.56 bits per heavy atom. The molecule has 0 unspecified atom stereocenters. The number of carbonyl (C=O) groups is 1. The summed E-state index contributed by atoms with van der Waals surface area (Å²) in [5.41, 5.74) is 0.747. The summed E-state index contributed by atoms with van der Waals surface area (Å²) in [6, 6.07) is 8.25. The lowest BCUT2D eigenvalue weighted by Crippen LogP contribution is -2.38. The third-order valence-corrected chi connectivity index (χ3v) is 2.97. The first-order valence-electron chi connectivity index (χ1n) is 5.57. The van der Waals surface area contributed by atoms with E-state index in [1.165, 1.54) is 6.08 Å². The van der Waals surface area contributed by atoms with E-state index in [-0.39, 0.29) is 0 Å². The molecular formula is C12H16N2O3S. The van der Waals surface area contributed by atoms with Crippen LogP contribution in [0.15, 0.2) is 35.7 Å². The van der Waals surface area contributed by atoms with Crippen LogP contribution in [0.2, 0.25) is 0 Å². The normalized spacial score (nSPS) is 11.4. The highest BCUT2D eigenvalue weighted by Gasteiger charge is 2.09. The number of benzene rings is 1. The molecule has 2 amide bonds. The maximum Gasteiger partial charge on any atom is 0.328 e. The highest BCUT2D eigenvalue weighted by Crippen LogP contribution is 2.02. The van der Waals surface area contributed by atoms with Gasteiger partial charge in [0.2, 0.25) is 0 Å². The van der Waals surface area contributed by atoms with Gasteiger partial charge in [-0.05, 0) is 18.1 Å². The first-order chi connectivity index (χ1) is 8.53. The first kappa shape index (κ1) is 14.2. The number of nitrogens with one attached hydrogen (secondary N) is 2. The van der Waals surface area contributed by atoms with Crippen molar-refractivity contribution in [3.8, 4) is 0 Å². The van der Waals surface area contributed by atoms with Gasteiger partial charge in [0, 0.05) is 6.54 Å². The van der Waals surface area contributed by atoms with E-state index in [9.17, 15) is 13.2 Å². The van der Waals surface area contributed by atoms with Crippen molar-refractivity contribution in [3.05, 3.63) is 41.3 Å². The number of sulfonamides is 1. The van der Waals surface area contributed by atoms with Crippen LogP contribution in [0, 0.1) is 0 Å². The van der Waals surface area contributed by atoms with Crippen molar-refractivity contribution < 1.29 is 13.2 Å². The Morgan fingerprint density at radius 1 is 1.28 bits per heavy atom. The molecule has 0 aliphatic carbocycles. The maximum atomic E-state index is 11.5. The summed E-state index contributed by atoms with van der Waals surface area (Å²) in [6.07, 6.45) is 2.17. The van der Waals surface area contributed by atoms with Crippen LogP contribution in [0.3, 0.4) is 0 Å². The molecule has 1 aromatic rings. The van der Waals surface area contributed by atoms with E-state index in [4.69, 9.17) is 0 Å². The minimum Gasteiger partial charge on any atom is -0.337 e. The number of hydrogen-bond donors (Lipinski definition) is 2. The standard InChI is InChI=1S/C12H16N2O3S/c1-2-9-13-12(15)14-18(16,17)10-8-11-6-4-3-5-7-11/h3-8,10H,2,9H2,1H3,(H2,13,14,15). The molecule has 0 atom stereocenters. The molecule has 2 N–H and O–H groups in total. The Hall–Kier alpha value is -1.82. The van der Waals surface area contributed by atoms with Crippen molar-refractivity contribution in [2.75, 3.05) is 6.54 Å². The second-order valence-corrected chi connectivity index (χ2v) is 5.18. The predicted molar refractivity (Wildman–Crippen MR) is 71.2 cm³/mol. The molecule has 0 aliphatic rings. The maximum absolute atomic E-state index is 11.5. The van der Waals surface area contributed by atoms with Gasteiger partial charge in [0.1, 0.15) is 0 Å². The lowest BCUT2D eigenvalue weighted by molar-refractivity contribution is 0.246. The highest BCUT2D eigenvalue weighted by molar-refractivity contribution is 7.93. The fraction of sp³-hybridized carbons (Fsp3) is 0.250. The minimum absolute atomic E-state index is 0.434. The molecule has 0 fully saturated rings. The number of amides is 2. The van der Waals surface area contributed by atoms with Crippen LogP contribution in [-0.4, -0.2) is 21.0 Å². The molecule has 98 valence electrons. The minimum atomic E-state index is -3.75. The SMILES string of the molecule is CCCNC(=O)NS(=O)(=O)C=Cc1ccccc1. The van der Waals surface area contributed by atoms with Crippen LogP contribution in [0.4, 0.5) is 4.79 Å². The van der Waals surface area contributed by atoms with Gasteiger partial charge < -0.3 is 5.32 Å². The smallest absolute Gasteiger partial charge is 0.328 e. The van der Waals surface area contributed by atoms with E-state index in [0.717, 1.165) is 17.4 Å². The van der Waals surface area contributed by atoms with E-state index in [1.807, 2.05) is 17.7 Å². The van der Waals surface area contributed by atoms with Crippen LogP contribution >= 0.6 is 0 Å². The van der Waals surface area contributed by atoms with Gasteiger partial charge >= 0.3 is 6.03 Å². The summed E-state index contributed by atoms with van der Waals surface area (Å²) in [4.78, 5) is 11.2. The van der Waals surface area contributed by atoms with Crippen molar-refractivity contribution in [3.63, 3.8) is 0 Å². The molecule has 18 heavy (non-hydrogen) atoms. The Bertz CT molecular complexity index is 509. The molecule has 1 rings (SSSR count). The van der Waals surface area contributed by atoms with Gasteiger partial charge in [-0.2, -0.15) is 0 Å². The van der Waals surface area contributed by atoms with Gasteiger partial charge in [0.25, 0.3) is 10.0 Å². The van der Waals surface area contributed by atoms with Gasteiger partial charge in [-0.15, -0.1) is 0 Å². The molecule has 0 saturated carbocycles. The molecule has 0 spiro atoms. The second kappa shape index (κ2) is 6.80. The zero-order valence-electron chi connectivity index (χ0n) is 10.1. The topological polar surface area (TPSA) is 75.3 Å². The summed E-state index contributed by atoms with van der Waals surface area (Å²) in [6.45, 7) is 2.31. The number of carbonyl (C=O) groups excluding carboxylic acids is 1. The average molecular weight is 268 g/mol. The van der Waals surface area contributed by atoms with E-state index in [0.29, 0.717) is 6.54 Å². The molecule has 0 heterocycles. The molecule has 0 radical (unpaired) electrons. The zero-order chi connectivity index (χ0) is 13.4. The van der Waals surface area contributed by atoms with E-state index in [1.54, 1.807) is 24.3 Å². The summed E-state index contributed by atoms with van der Waals surface area (Å²) in [5.74, 6) is 0. The third-order valence-electron chi connectivity index (χ3n) is 2.01.